The number of benzene rings is 1. The lowest BCUT2D eigenvalue weighted by molar-refractivity contribution is 0.111. The third-order valence-corrected chi connectivity index (χ3v) is 3.21. The zero-order chi connectivity index (χ0) is 11.8. The fraction of sp³-hybridized carbons (Fsp3) is 0.250. The molecule has 0 atom stereocenters. The quantitative estimate of drug-likeness (QED) is 0.784. The molecular formula is C12H10ClN3O. The molecule has 1 saturated carbocycles. The Labute approximate surface area is 103 Å². The molecule has 1 aliphatic rings. The first-order valence-corrected chi connectivity index (χ1v) is 5.84. The topological polar surface area (TPSA) is 47.8 Å². The molecule has 4 nitrogen and oxygen atoms in total. The fourth-order valence-corrected chi connectivity index (χ4v) is 2.08. The van der Waals surface area contributed by atoms with Crippen molar-refractivity contribution in [3.05, 3.63) is 40.7 Å². The van der Waals surface area contributed by atoms with Crippen LogP contribution in [0.1, 0.15) is 34.9 Å². The lowest BCUT2D eigenvalue weighted by atomic mass is 10.2. The van der Waals surface area contributed by atoms with Gasteiger partial charge in [0.2, 0.25) is 0 Å². The van der Waals surface area contributed by atoms with Gasteiger partial charge in [-0.3, -0.25) is 4.79 Å². The van der Waals surface area contributed by atoms with Crippen LogP contribution in [0.2, 0.25) is 5.02 Å². The number of hydrogen-bond acceptors (Lipinski definition) is 3. The summed E-state index contributed by atoms with van der Waals surface area (Å²) < 4.78 is 1.52. The van der Waals surface area contributed by atoms with E-state index in [2.05, 4.69) is 10.3 Å². The van der Waals surface area contributed by atoms with Gasteiger partial charge in [0.1, 0.15) is 5.69 Å². The van der Waals surface area contributed by atoms with Gasteiger partial charge in [-0.25, -0.2) is 4.68 Å². The van der Waals surface area contributed by atoms with Gasteiger partial charge in [0.05, 0.1) is 16.4 Å². The second kappa shape index (κ2) is 3.96. The minimum atomic E-state index is 0.395. The van der Waals surface area contributed by atoms with E-state index >= 15 is 0 Å². The number of carbonyl (C=O) groups is 1. The van der Waals surface area contributed by atoms with Crippen molar-refractivity contribution in [3.8, 4) is 5.69 Å². The molecule has 1 aromatic carbocycles. The molecule has 86 valence electrons. The average molecular weight is 248 g/mol. The van der Waals surface area contributed by atoms with Crippen molar-refractivity contribution in [2.45, 2.75) is 18.8 Å². The minimum absolute atomic E-state index is 0.395. The number of carbonyl (C=O) groups excluding carboxylic acids is 1. The van der Waals surface area contributed by atoms with Crippen molar-refractivity contribution >= 4 is 17.9 Å². The number of aldehydes is 1. The normalized spacial score (nSPS) is 14.9. The van der Waals surface area contributed by atoms with Crippen LogP contribution in [-0.2, 0) is 0 Å². The van der Waals surface area contributed by atoms with Crippen LogP contribution in [0.5, 0.6) is 0 Å². The maximum absolute atomic E-state index is 11.2. The molecule has 2 aromatic rings. The molecule has 0 bridgehead atoms. The predicted molar refractivity (Wildman–Crippen MR) is 63.7 cm³/mol. The third kappa shape index (κ3) is 1.74. The van der Waals surface area contributed by atoms with Crippen molar-refractivity contribution < 1.29 is 4.79 Å². The highest BCUT2D eigenvalue weighted by Gasteiger charge is 2.31. The summed E-state index contributed by atoms with van der Waals surface area (Å²) in [6.07, 6.45) is 2.97. The number of rotatable bonds is 3. The van der Waals surface area contributed by atoms with Crippen molar-refractivity contribution in [2.24, 2.45) is 0 Å². The van der Waals surface area contributed by atoms with Crippen molar-refractivity contribution in [2.75, 3.05) is 0 Å². The van der Waals surface area contributed by atoms with Gasteiger partial charge in [-0.05, 0) is 25.0 Å². The highest BCUT2D eigenvalue weighted by Crippen LogP contribution is 2.40. The van der Waals surface area contributed by atoms with Gasteiger partial charge in [-0.1, -0.05) is 28.9 Å². The first-order chi connectivity index (χ1) is 8.31. The van der Waals surface area contributed by atoms with E-state index in [4.69, 9.17) is 11.6 Å². The summed E-state index contributed by atoms with van der Waals surface area (Å²) in [4.78, 5) is 11.2. The summed E-state index contributed by atoms with van der Waals surface area (Å²) in [5.74, 6) is 0.395. The monoisotopic (exact) mass is 247 g/mol. The van der Waals surface area contributed by atoms with E-state index in [-0.39, 0.29) is 0 Å². The van der Waals surface area contributed by atoms with Gasteiger partial charge in [0.15, 0.2) is 6.29 Å². The standard InChI is InChI=1S/C12H10ClN3O/c13-9-3-1-2-4-10(9)16-11(7-17)12(14-15-16)8-5-6-8/h1-4,7-8H,5-6H2. The van der Waals surface area contributed by atoms with E-state index in [1.54, 1.807) is 6.07 Å². The first kappa shape index (κ1) is 10.5. The second-order valence-corrected chi connectivity index (χ2v) is 4.52. The van der Waals surface area contributed by atoms with E-state index in [1.807, 2.05) is 18.2 Å². The molecule has 0 saturated heterocycles. The Bertz CT molecular complexity index is 575. The van der Waals surface area contributed by atoms with Crippen LogP contribution in [0.15, 0.2) is 24.3 Å². The molecule has 0 spiro atoms. The molecule has 0 amide bonds. The highest BCUT2D eigenvalue weighted by atomic mass is 35.5. The van der Waals surface area contributed by atoms with E-state index in [9.17, 15) is 4.79 Å². The Kier molecular flexibility index (Phi) is 2.44. The molecule has 1 fully saturated rings. The molecule has 1 aromatic heterocycles. The Morgan fingerprint density at radius 3 is 2.76 bits per heavy atom. The molecule has 17 heavy (non-hydrogen) atoms. The fourth-order valence-electron chi connectivity index (χ4n) is 1.86. The smallest absolute Gasteiger partial charge is 0.170 e. The first-order valence-electron chi connectivity index (χ1n) is 5.47. The van der Waals surface area contributed by atoms with Crippen LogP contribution >= 0.6 is 11.6 Å². The zero-order valence-corrected chi connectivity index (χ0v) is 9.76. The van der Waals surface area contributed by atoms with Gasteiger partial charge in [-0.15, -0.1) is 5.10 Å². The van der Waals surface area contributed by atoms with Crippen LogP contribution < -0.4 is 0 Å². The van der Waals surface area contributed by atoms with E-state index in [1.165, 1.54) is 4.68 Å². The zero-order valence-electron chi connectivity index (χ0n) is 9.01. The SMILES string of the molecule is O=Cc1c(C2CC2)nnn1-c1ccccc1Cl. The molecular weight excluding hydrogens is 238 g/mol. The number of nitrogens with zero attached hydrogens (tertiary/aromatic N) is 3. The van der Waals surface area contributed by atoms with Gasteiger partial charge in [0.25, 0.3) is 0 Å². The van der Waals surface area contributed by atoms with Gasteiger partial charge < -0.3 is 0 Å². The Morgan fingerprint density at radius 2 is 2.12 bits per heavy atom. The van der Waals surface area contributed by atoms with Crippen LogP contribution in [0.3, 0.4) is 0 Å². The van der Waals surface area contributed by atoms with E-state index in [0.717, 1.165) is 24.8 Å². The molecule has 1 aliphatic carbocycles. The van der Waals surface area contributed by atoms with Crippen LogP contribution in [0.4, 0.5) is 0 Å². The predicted octanol–water partition coefficient (Wildman–Crippen LogP) is 2.61. The average Bonchev–Trinajstić information content (AvgIpc) is 3.10. The number of halogens is 1. The van der Waals surface area contributed by atoms with Gasteiger partial charge in [0, 0.05) is 5.92 Å². The third-order valence-electron chi connectivity index (χ3n) is 2.89. The lowest BCUT2D eigenvalue weighted by Gasteiger charge is -2.04. The minimum Gasteiger partial charge on any atom is -0.296 e. The van der Waals surface area contributed by atoms with Crippen molar-refractivity contribution in [3.63, 3.8) is 0 Å². The summed E-state index contributed by atoms with van der Waals surface area (Å²) >= 11 is 6.09. The summed E-state index contributed by atoms with van der Waals surface area (Å²) in [7, 11) is 0. The van der Waals surface area contributed by atoms with E-state index in [0.29, 0.717) is 22.3 Å². The summed E-state index contributed by atoms with van der Waals surface area (Å²) in [5.41, 5.74) is 2.00. The maximum Gasteiger partial charge on any atom is 0.170 e. The highest BCUT2D eigenvalue weighted by molar-refractivity contribution is 6.32. The molecule has 3 rings (SSSR count). The number of hydrogen-bond donors (Lipinski definition) is 0. The number of aromatic nitrogens is 3. The molecule has 1 heterocycles. The Hall–Kier alpha value is -1.68. The Balaban J connectivity index is 2.14. The second-order valence-electron chi connectivity index (χ2n) is 4.12. The van der Waals surface area contributed by atoms with Crippen molar-refractivity contribution in [1.82, 2.24) is 15.0 Å². The summed E-state index contributed by atoms with van der Waals surface area (Å²) in [6, 6.07) is 7.28. The molecule has 0 radical (unpaired) electrons. The van der Waals surface area contributed by atoms with E-state index < -0.39 is 0 Å². The Morgan fingerprint density at radius 1 is 1.35 bits per heavy atom. The molecule has 0 N–H and O–H groups in total. The van der Waals surface area contributed by atoms with Crippen LogP contribution in [-0.4, -0.2) is 21.3 Å². The van der Waals surface area contributed by atoms with Gasteiger partial charge in [-0.2, -0.15) is 0 Å². The molecule has 0 unspecified atom stereocenters. The molecule has 0 aliphatic heterocycles. The maximum atomic E-state index is 11.2. The lowest BCUT2D eigenvalue weighted by Crippen LogP contribution is -2.03. The number of para-hydroxylation sites is 1. The van der Waals surface area contributed by atoms with Crippen LogP contribution in [0.25, 0.3) is 5.69 Å². The summed E-state index contributed by atoms with van der Waals surface area (Å²) in [5, 5.41) is 8.68. The van der Waals surface area contributed by atoms with Crippen LogP contribution in [0, 0.1) is 0 Å². The van der Waals surface area contributed by atoms with Gasteiger partial charge >= 0.3 is 0 Å². The molecule has 5 heteroatoms. The van der Waals surface area contributed by atoms with Crippen molar-refractivity contribution in [1.29, 1.82) is 0 Å². The summed E-state index contributed by atoms with van der Waals surface area (Å²) in [6.45, 7) is 0. The largest absolute Gasteiger partial charge is 0.296 e.